The Morgan fingerprint density at radius 2 is 1.84 bits per heavy atom. The molecule has 0 fully saturated rings. The average molecular weight is 465 g/mol. The van der Waals surface area contributed by atoms with Gasteiger partial charge in [0.15, 0.2) is 0 Å². The van der Waals surface area contributed by atoms with E-state index in [-0.39, 0.29) is 17.0 Å². The summed E-state index contributed by atoms with van der Waals surface area (Å²) in [5.41, 5.74) is -2.29. The van der Waals surface area contributed by atoms with Crippen LogP contribution < -0.4 is 10.6 Å². The Balaban J connectivity index is 2.01. The van der Waals surface area contributed by atoms with Crippen LogP contribution in [0.15, 0.2) is 30.3 Å². The third-order valence-electron chi connectivity index (χ3n) is 5.29. The first-order valence-electron chi connectivity index (χ1n) is 10.0. The van der Waals surface area contributed by atoms with Gasteiger partial charge in [-0.1, -0.05) is 36.8 Å². The number of alkyl halides is 3. The summed E-state index contributed by atoms with van der Waals surface area (Å²) in [4.78, 5) is 25.8. The standard InChI is InChI=1S/C22H22F3N3O3S/c1-31-20(30)21(22(23,24)25,27-18(29)12-14-8-4-2-5-9-14)28-19-16(13-26)15-10-6-3-7-11-17(15)32-19/h2,4-5,8-9,28H,3,6-7,10-12H2,1H3,(H,27,29). The molecule has 0 spiro atoms. The van der Waals surface area contributed by atoms with Crippen LogP contribution in [-0.2, 0) is 33.6 Å². The van der Waals surface area contributed by atoms with Gasteiger partial charge in [-0.3, -0.25) is 4.79 Å². The number of amides is 1. The number of nitrogens with one attached hydrogen (secondary N) is 2. The van der Waals surface area contributed by atoms with Gasteiger partial charge in [-0.05, 0) is 36.8 Å². The largest absolute Gasteiger partial charge is 0.466 e. The minimum Gasteiger partial charge on any atom is -0.466 e. The summed E-state index contributed by atoms with van der Waals surface area (Å²) >= 11 is 1.01. The van der Waals surface area contributed by atoms with Crippen molar-refractivity contribution in [2.45, 2.75) is 50.4 Å². The molecule has 1 heterocycles. The van der Waals surface area contributed by atoms with Crippen molar-refractivity contribution in [1.29, 1.82) is 5.26 Å². The number of fused-ring (bicyclic) bond motifs is 1. The number of ether oxygens (including phenoxy) is 1. The van der Waals surface area contributed by atoms with Crippen LogP contribution in [0.4, 0.5) is 18.2 Å². The second-order valence-electron chi connectivity index (χ2n) is 7.46. The van der Waals surface area contributed by atoms with Crippen molar-refractivity contribution in [3.63, 3.8) is 0 Å². The SMILES string of the molecule is COC(=O)C(NC(=O)Cc1ccccc1)(Nc1sc2c(c1C#N)CCCCC2)C(F)(F)F. The zero-order valence-electron chi connectivity index (χ0n) is 17.3. The molecule has 1 aliphatic rings. The number of aryl methyl sites for hydroxylation is 1. The van der Waals surface area contributed by atoms with Gasteiger partial charge in [0.1, 0.15) is 11.1 Å². The summed E-state index contributed by atoms with van der Waals surface area (Å²) < 4.78 is 47.4. The normalized spacial score (nSPS) is 15.5. The third kappa shape index (κ3) is 4.72. The molecule has 1 aromatic heterocycles. The van der Waals surface area contributed by atoms with Crippen LogP contribution in [-0.4, -0.2) is 30.8 Å². The molecule has 0 aliphatic heterocycles. The van der Waals surface area contributed by atoms with Crippen LogP contribution >= 0.6 is 11.3 Å². The molecule has 3 rings (SSSR count). The number of methoxy groups -OCH3 is 1. The Labute approximate surface area is 187 Å². The summed E-state index contributed by atoms with van der Waals surface area (Å²) in [6.07, 6.45) is -1.73. The number of esters is 1. The fourth-order valence-electron chi connectivity index (χ4n) is 3.70. The van der Waals surface area contributed by atoms with Crippen LogP contribution in [0, 0.1) is 11.3 Å². The van der Waals surface area contributed by atoms with Crippen molar-refractivity contribution < 1.29 is 27.5 Å². The molecule has 1 aromatic carbocycles. The summed E-state index contributed by atoms with van der Waals surface area (Å²) in [6.45, 7) is 0. The minimum atomic E-state index is -5.25. The summed E-state index contributed by atoms with van der Waals surface area (Å²) in [5, 5.41) is 13.5. The van der Waals surface area contributed by atoms with E-state index in [1.807, 2.05) is 11.4 Å². The lowest BCUT2D eigenvalue weighted by atomic mass is 10.0. The lowest BCUT2D eigenvalue weighted by Gasteiger charge is -2.34. The average Bonchev–Trinajstić information content (AvgIpc) is 2.91. The van der Waals surface area contributed by atoms with Crippen molar-refractivity contribution >= 4 is 28.2 Å². The number of carbonyl (C=O) groups excluding carboxylic acids is 2. The lowest BCUT2D eigenvalue weighted by Crippen LogP contribution is -2.69. The molecule has 0 bridgehead atoms. The van der Waals surface area contributed by atoms with Crippen LogP contribution in [0.1, 0.15) is 40.8 Å². The predicted octanol–water partition coefficient (Wildman–Crippen LogP) is 4.09. The topological polar surface area (TPSA) is 91.2 Å². The Bertz CT molecular complexity index is 1030. The fraction of sp³-hybridized carbons (Fsp3) is 0.409. The fourth-order valence-corrected chi connectivity index (χ4v) is 4.99. The molecule has 0 saturated heterocycles. The van der Waals surface area contributed by atoms with E-state index in [1.165, 1.54) is 0 Å². The Hall–Kier alpha value is -3.06. The maximum atomic E-state index is 14.3. The molecule has 10 heteroatoms. The van der Waals surface area contributed by atoms with E-state index in [0.29, 0.717) is 24.0 Å². The molecule has 0 radical (unpaired) electrons. The van der Waals surface area contributed by atoms with Gasteiger partial charge >= 0.3 is 17.8 Å². The number of hydrogen-bond donors (Lipinski definition) is 2. The smallest absolute Gasteiger partial charge is 0.441 e. The van der Waals surface area contributed by atoms with E-state index in [2.05, 4.69) is 10.1 Å². The highest BCUT2D eigenvalue weighted by Crippen LogP contribution is 2.41. The van der Waals surface area contributed by atoms with Gasteiger partial charge in [-0.25, -0.2) is 4.79 Å². The van der Waals surface area contributed by atoms with Crippen LogP contribution in [0.2, 0.25) is 0 Å². The zero-order valence-corrected chi connectivity index (χ0v) is 18.2. The maximum Gasteiger partial charge on any atom is 0.441 e. The molecule has 2 aromatic rings. The molecule has 1 atom stereocenters. The molecular weight excluding hydrogens is 443 g/mol. The van der Waals surface area contributed by atoms with Gasteiger partial charge in [0.05, 0.1) is 19.1 Å². The predicted molar refractivity (Wildman–Crippen MR) is 113 cm³/mol. The summed E-state index contributed by atoms with van der Waals surface area (Å²) in [6, 6.07) is 10.2. The second kappa shape index (κ2) is 9.61. The van der Waals surface area contributed by atoms with Crippen LogP contribution in [0.25, 0.3) is 0 Å². The van der Waals surface area contributed by atoms with Gasteiger partial charge < -0.3 is 15.4 Å². The highest BCUT2D eigenvalue weighted by atomic mass is 32.1. The quantitative estimate of drug-likeness (QED) is 0.381. The highest BCUT2D eigenvalue weighted by Gasteiger charge is 2.64. The number of nitriles is 1. The van der Waals surface area contributed by atoms with Gasteiger partial charge in [-0.2, -0.15) is 18.4 Å². The van der Waals surface area contributed by atoms with Crippen molar-refractivity contribution in [3.8, 4) is 6.07 Å². The number of hydrogen-bond acceptors (Lipinski definition) is 6. The number of rotatable bonds is 6. The molecule has 32 heavy (non-hydrogen) atoms. The van der Waals surface area contributed by atoms with Crippen molar-refractivity contribution in [2.24, 2.45) is 0 Å². The van der Waals surface area contributed by atoms with E-state index in [9.17, 15) is 28.0 Å². The first-order valence-corrected chi connectivity index (χ1v) is 10.9. The Morgan fingerprint density at radius 3 is 2.47 bits per heavy atom. The number of nitrogens with zero attached hydrogens (tertiary/aromatic N) is 1. The van der Waals surface area contributed by atoms with E-state index >= 15 is 0 Å². The van der Waals surface area contributed by atoms with Gasteiger partial charge in [-0.15, -0.1) is 11.3 Å². The molecule has 1 amide bonds. The molecule has 2 N–H and O–H groups in total. The highest BCUT2D eigenvalue weighted by molar-refractivity contribution is 7.16. The van der Waals surface area contributed by atoms with Gasteiger partial charge in [0, 0.05) is 4.88 Å². The van der Waals surface area contributed by atoms with Crippen molar-refractivity contribution in [3.05, 3.63) is 51.9 Å². The summed E-state index contributed by atoms with van der Waals surface area (Å²) in [5.74, 6) is -2.75. The third-order valence-corrected chi connectivity index (χ3v) is 6.49. The molecule has 1 unspecified atom stereocenters. The Morgan fingerprint density at radius 1 is 1.16 bits per heavy atom. The van der Waals surface area contributed by atoms with Gasteiger partial charge in [0.25, 0.3) is 0 Å². The molecular formula is C22H22F3N3O3S. The zero-order chi connectivity index (χ0) is 23.4. The maximum absolute atomic E-state index is 14.3. The summed E-state index contributed by atoms with van der Waals surface area (Å²) in [7, 11) is 0.808. The van der Waals surface area contributed by atoms with Gasteiger partial charge in [0.2, 0.25) is 5.91 Å². The number of halogens is 3. The van der Waals surface area contributed by atoms with Crippen molar-refractivity contribution in [2.75, 3.05) is 12.4 Å². The Kier molecular flexibility index (Phi) is 7.09. The minimum absolute atomic E-state index is 0.0711. The number of anilines is 1. The molecule has 170 valence electrons. The monoisotopic (exact) mass is 465 g/mol. The number of carbonyl (C=O) groups is 2. The molecule has 0 saturated carbocycles. The van der Waals surface area contributed by atoms with E-state index < -0.39 is 23.7 Å². The lowest BCUT2D eigenvalue weighted by molar-refractivity contribution is -0.206. The number of thiophene rings is 1. The first-order chi connectivity index (χ1) is 15.2. The van der Waals surface area contributed by atoms with Crippen LogP contribution in [0.3, 0.4) is 0 Å². The molecule has 1 aliphatic carbocycles. The first kappa shape index (κ1) is 23.6. The van der Waals surface area contributed by atoms with Crippen LogP contribution in [0.5, 0.6) is 0 Å². The van der Waals surface area contributed by atoms with E-state index in [1.54, 1.807) is 30.3 Å². The number of benzene rings is 1. The molecule has 6 nitrogen and oxygen atoms in total. The van der Waals surface area contributed by atoms with Crippen molar-refractivity contribution in [1.82, 2.24) is 5.32 Å². The van der Waals surface area contributed by atoms with E-state index in [0.717, 1.165) is 42.6 Å². The van der Waals surface area contributed by atoms with E-state index in [4.69, 9.17) is 0 Å². The second-order valence-corrected chi connectivity index (χ2v) is 8.56.